The molecule has 145 valence electrons. The van der Waals surface area contributed by atoms with Crippen molar-refractivity contribution in [2.45, 2.75) is 26.2 Å². The zero-order valence-electron chi connectivity index (χ0n) is 18.0. The maximum atomic E-state index is 2.58. The molecule has 0 heterocycles. The SMILES string of the molecule is C[C](C)=[Zr]([C]1=C(C2c3ccccc3-c3ccccc32)C=CC1)([N](C)C)[N](C)C. The summed E-state index contributed by atoms with van der Waals surface area (Å²) in [4.78, 5) is 0. The van der Waals surface area contributed by atoms with E-state index in [1.54, 1.807) is 12.1 Å². The van der Waals surface area contributed by atoms with Crippen LogP contribution in [0.15, 0.2) is 69.5 Å². The van der Waals surface area contributed by atoms with Crippen molar-refractivity contribution < 1.29 is 20.4 Å². The summed E-state index contributed by atoms with van der Waals surface area (Å²) in [6, 6.07) is 18.0. The van der Waals surface area contributed by atoms with Gasteiger partial charge >= 0.3 is 175 Å². The van der Waals surface area contributed by atoms with Gasteiger partial charge in [-0.1, -0.05) is 0 Å². The van der Waals surface area contributed by atoms with E-state index in [0.29, 0.717) is 5.92 Å². The minimum absolute atomic E-state index is 0.358. The van der Waals surface area contributed by atoms with Crippen LogP contribution >= 0.6 is 0 Å². The predicted molar refractivity (Wildman–Crippen MR) is 118 cm³/mol. The summed E-state index contributed by atoms with van der Waals surface area (Å²) >= 11 is -3.03. The van der Waals surface area contributed by atoms with E-state index in [1.165, 1.54) is 22.3 Å². The first-order valence-corrected chi connectivity index (χ1v) is 14.8. The summed E-state index contributed by atoms with van der Waals surface area (Å²) in [5.74, 6) is 0.358. The Morgan fingerprint density at radius 2 is 1.32 bits per heavy atom. The van der Waals surface area contributed by atoms with Gasteiger partial charge in [0.2, 0.25) is 0 Å². The summed E-state index contributed by atoms with van der Waals surface area (Å²) in [6.45, 7) is 4.71. The van der Waals surface area contributed by atoms with Gasteiger partial charge in [-0.15, -0.1) is 0 Å². The predicted octanol–water partition coefficient (Wildman–Crippen LogP) is 5.33. The normalized spacial score (nSPS) is 16.3. The van der Waals surface area contributed by atoms with Gasteiger partial charge < -0.3 is 0 Å². The van der Waals surface area contributed by atoms with E-state index in [0.717, 1.165) is 6.42 Å². The van der Waals surface area contributed by atoms with Crippen molar-refractivity contribution in [3.05, 3.63) is 80.7 Å². The van der Waals surface area contributed by atoms with Crippen LogP contribution in [0.4, 0.5) is 0 Å². The van der Waals surface area contributed by atoms with Gasteiger partial charge in [-0.05, 0) is 0 Å². The van der Waals surface area contributed by atoms with Crippen LogP contribution < -0.4 is 0 Å². The fourth-order valence-electron chi connectivity index (χ4n) is 5.76. The molecule has 2 aliphatic rings. The van der Waals surface area contributed by atoms with Crippen LogP contribution in [0.2, 0.25) is 0 Å². The van der Waals surface area contributed by atoms with Crippen molar-refractivity contribution in [1.29, 1.82) is 0 Å². The van der Waals surface area contributed by atoms with Crippen LogP contribution in [-0.4, -0.2) is 37.1 Å². The third-order valence-corrected chi connectivity index (χ3v) is 19.6. The van der Waals surface area contributed by atoms with Crippen LogP contribution in [0.25, 0.3) is 11.1 Å². The molecule has 3 heteroatoms. The molecule has 0 bridgehead atoms. The first kappa shape index (κ1) is 19.9. The van der Waals surface area contributed by atoms with Gasteiger partial charge in [-0.2, -0.15) is 0 Å². The van der Waals surface area contributed by atoms with E-state index in [-0.39, 0.29) is 0 Å². The van der Waals surface area contributed by atoms with E-state index >= 15 is 0 Å². The number of allylic oxidation sites excluding steroid dienone is 4. The van der Waals surface area contributed by atoms with Gasteiger partial charge in [0.25, 0.3) is 0 Å². The molecular weight excluding hydrogens is 420 g/mol. The van der Waals surface area contributed by atoms with Crippen LogP contribution in [-0.2, 0) is 20.4 Å². The van der Waals surface area contributed by atoms with E-state index in [4.69, 9.17) is 0 Å². The molecule has 0 N–H and O–H groups in total. The quantitative estimate of drug-likeness (QED) is 0.621. The van der Waals surface area contributed by atoms with Crippen molar-refractivity contribution in [3.63, 3.8) is 0 Å². The summed E-state index contributed by atoms with van der Waals surface area (Å²) in [5.41, 5.74) is 7.30. The summed E-state index contributed by atoms with van der Waals surface area (Å²) in [7, 11) is 9.18. The second kappa shape index (κ2) is 7.45. The molecule has 0 radical (unpaired) electrons. The number of fused-ring (bicyclic) bond motifs is 3. The second-order valence-corrected chi connectivity index (χ2v) is 20.3. The van der Waals surface area contributed by atoms with Gasteiger partial charge in [-0.3, -0.25) is 0 Å². The Morgan fingerprint density at radius 1 is 0.821 bits per heavy atom. The summed E-state index contributed by atoms with van der Waals surface area (Å²) in [6.07, 6.45) is 5.92. The molecule has 0 aromatic heterocycles. The molecule has 0 spiro atoms. The number of nitrogens with zero attached hydrogens (tertiary/aromatic N) is 2. The summed E-state index contributed by atoms with van der Waals surface area (Å²) < 4.78 is 8.49. The average Bonchev–Trinajstić information content (AvgIpc) is 3.24. The molecule has 0 fully saturated rings. The van der Waals surface area contributed by atoms with Gasteiger partial charge in [0.05, 0.1) is 0 Å². The molecule has 2 aromatic rings. The third kappa shape index (κ3) is 2.75. The zero-order valence-corrected chi connectivity index (χ0v) is 20.4. The molecule has 2 aliphatic carbocycles. The molecule has 0 unspecified atom stereocenters. The number of benzene rings is 2. The van der Waals surface area contributed by atoms with E-state index in [9.17, 15) is 0 Å². The number of hydrogen-bond donors (Lipinski definition) is 0. The molecule has 0 saturated heterocycles. The van der Waals surface area contributed by atoms with E-state index < -0.39 is 20.4 Å². The first-order chi connectivity index (χ1) is 13.4. The van der Waals surface area contributed by atoms with E-state index in [2.05, 4.69) is 108 Å². The van der Waals surface area contributed by atoms with Crippen molar-refractivity contribution in [2.24, 2.45) is 0 Å². The van der Waals surface area contributed by atoms with Crippen LogP contribution in [0, 0.1) is 0 Å². The molecule has 0 saturated carbocycles. The molecule has 0 atom stereocenters. The minimum atomic E-state index is -3.03. The van der Waals surface area contributed by atoms with Gasteiger partial charge in [0.1, 0.15) is 0 Å². The van der Waals surface area contributed by atoms with Crippen molar-refractivity contribution in [1.82, 2.24) is 5.69 Å². The Kier molecular flexibility index (Phi) is 5.29. The Balaban J connectivity index is 2.03. The van der Waals surface area contributed by atoms with Crippen LogP contribution in [0.1, 0.15) is 37.3 Å². The fraction of sp³-hybridized carbons (Fsp3) is 0.320. The molecule has 28 heavy (non-hydrogen) atoms. The Labute approximate surface area is 174 Å². The Bertz CT molecular complexity index is 979. The van der Waals surface area contributed by atoms with Crippen LogP contribution in [0.3, 0.4) is 0 Å². The maximum absolute atomic E-state index is 3.03. The molecule has 2 nitrogen and oxygen atoms in total. The van der Waals surface area contributed by atoms with Crippen molar-refractivity contribution in [2.75, 3.05) is 28.2 Å². The average molecular weight is 451 g/mol. The molecule has 2 aromatic carbocycles. The van der Waals surface area contributed by atoms with Crippen molar-refractivity contribution in [3.8, 4) is 11.1 Å². The monoisotopic (exact) mass is 449 g/mol. The van der Waals surface area contributed by atoms with Gasteiger partial charge in [0, 0.05) is 0 Å². The van der Waals surface area contributed by atoms with Crippen molar-refractivity contribution >= 4 is 3.21 Å². The third-order valence-electron chi connectivity index (χ3n) is 6.53. The summed E-state index contributed by atoms with van der Waals surface area (Å²) in [5, 5.41) is 0. The number of hydrogen-bond acceptors (Lipinski definition) is 2. The molecular formula is C25H31N2Zr. The van der Waals surface area contributed by atoms with Crippen LogP contribution in [0.5, 0.6) is 0 Å². The second-order valence-electron chi connectivity index (χ2n) is 8.61. The molecule has 0 aliphatic heterocycles. The fourth-order valence-corrected chi connectivity index (χ4v) is 18.8. The van der Waals surface area contributed by atoms with Gasteiger partial charge in [-0.25, -0.2) is 0 Å². The zero-order chi connectivity index (χ0) is 20.1. The Hall–Kier alpha value is -1.41. The molecule has 0 amide bonds. The first-order valence-electron chi connectivity index (χ1n) is 10.1. The topological polar surface area (TPSA) is 6.48 Å². The van der Waals surface area contributed by atoms with Gasteiger partial charge in [0.15, 0.2) is 0 Å². The Morgan fingerprint density at radius 3 is 1.79 bits per heavy atom. The van der Waals surface area contributed by atoms with E-state index in [1.807, 2.05) is 0 Å². The number of rotatable bonds is 4. The molecule has 4 rings (SSSR count). The standard InChI is InChI=1S/C18H13.C3H6.2C2H6N.Zr/c1-2-8-13(7-1)18-16-11-5-3-9-14(16)15-10-4-6-12-17(15)18;3*1-3-2;/h1,3-7,9-12,18H,2H2;3*1-2H3;/q;;2*-1;+2.